The highest BCUT2D eigenvalue weighted by Gasteiger charge is 2.23. The van der Waals surface area contributed by atoms with E-state index < -0.39 is 12.0 Å². The van der Waals surface area contributed by atoms with E-state index in [1.807, 2.05) is 6.07 Å². The number of aliphatic carboxylic acids is 1. The first-order chi connectivity index (χ1) is 16.2. The van der Waals surface area contributed by atoms with Crippen molar-refractivity contribution in [2.45, 2.75) is 65.3 Å². The fraction of sp³-hybridized carbons (Fsp3) is 0.520. The van der Waals surface area contributed by atoms with Gasteiger partial charge in [0.05, 0.1) is 0 Å². The number of amides is 2. The molecule has 0 saturated heterocycles. The standard InChI is InChI=1S/C25H32N2O7/c1-14(2)22(24(30)31)27-20(28)9-6-12-26-21(29)13-33-19-11-10-17-16-7-4-5-8-18(16)25(32)34-23(17)15(19)3/h10-11,14,22H,4-9,12-13H2,1-3H3,(H,26,29)(H,27,28)(H,30,31)/t22-/m0/s1. The summed E-state index contributed by atoms with van der Waals surface area (Å²) in [5.74, 6) is -1.55. The minimum Gasteiger partial charge on any atom is -0.483 e. The van der Waals surface area contributed by atoms with E-state index in [-0.39, 0.29) is 42.9 Å². The average Bonchev–Trinajstić information content (AvgIpc) is 2.80. The van der Waals surface area contributed by atoms with Crippen LogP contribution in [0.1, 0.15) is 56.2 Å². The Morgan fingerprint density at radius 2 is 1.82 bits per heavy atom. The molecule has 184 valence electrons. The Labute approximate surface area is 197 Å². The number of carboxylic acids is 1. The van der Waals surface area contributed by atoms with Crippen molar-refractivity contribution in [1.82, 2.24) is 10.6 Å². The molecule has 1 aromatic heterocycles. The fourth-order valence-corrected chi connectivity index (χ4v) is 4.21. The molecule has 1 heterocycles. The Morgan fingerprint density at radius 3 is 2.50 bits per heavy atom. The van der Waals surface area contributed by atoms with Gasteiger partial charge in [-0.25, -0.2) is 9.59 Å². The summed E-state index contributed by atoms with van der Waals surface area (Å²) in [5, 5.41) is 15.2. The zero-order valence-electron chi connectivity index (χ0n) is 19.9. The van der Waals surface area contributed by atoms with Crippen molar-refractivity contribution in [2.75, 3.05) is 13.2 Å². The number of rotatable bonds is 10. The minimum atomic E-state index is -1.07. The van der Waals surface area contributed by atoms with Crippen molar-refractivity contribution in [2.24, 2.45) is 5.92 Å². The number of carboxylic acid groups (broad SMARTS) is 1. The molecule has 2 amide bonds. The quantitative estimate of drug-likeness (QED) is 0.357. The van der Waals surface area contributed by atoms with Gasteiger partial charge >= 0.3 is 11.6 Å². The van der Waals surface area contributed by atoms with E-state index in [0.29, 0.717) is 23.3 Å². The lowest BCUT2D eigenvalue weighted by Gasteiger charge is -2.18. The predicted octanol–water partition coefficient (Wildman–Crippen LogP) is 2.48. The van der Waals surface area contributed by atoms with Gasteiger partial charge in [-0.1, -0.05) is 13.8 Å². The molecule has 0 aliphatic heterocycles. The van der Waals surface area contributed by atoms with Gasteiger partial charge in [0, 0.05) is 29.5 Å². The molecule has 9 heteroatoms. The van der Waals surface area contributed by atoms with Gasteiger partial charge in [-0.2, -0.15) is 0 Å². The van der Waals surface area contributed by atoms with E-state index in [2.05, 4.69) is 10.6 Å². The van der Waals surface area contributed by atoms with Crippen molar-refractivity contribution >= 4 is 28.8 Å². The first-order valence-corrected chi connectivity index (χ1v) is 11.7. The van der Waals surface area contributed by atoms with Gasteiger partial charge in [0.15, 0.2) is 6.61 Å². The molecule has 1 aromatic carbocycles. The summed E-state index contributed by atoms with van der Waals surface area (Å²) < 4.78 is 11.2. The lowest BCUT2D eigenvalue weighted by atomic mass is 9.90. The molecule has 2 aromatic rings. The van der Waals surface area contributed by atoms with Gasteiger partial charge < -0.3 is 24.9 Å². The highest BCUT2D eigenvalue weighted by atomic mass is 16.5. The van der Waals surface area contributed by atoms with Crippen molar-refractivity contribution in [3.63, 3.8) is 0 Å². The van der Waals surface area contributed by atoms with Crippen LogP contribution in [0.4, 0.5) is 0 Å². The molecule has 1 atom stereocenters. The maximum Gasteiger partial charge on any atom is 0.339 e. The van der Waals surface area contributed by atoms with Crippen LogP contribution in [0.25, 0.3) is 11.0 Å². The van der Waals surface area contributed by atoms with E-state index in [9.17, 15) is 19.2 Å². The molecule has 1 aliphatic rings. The van der Waals surface area contributed by atoms with Crippen molar-refractivity contribution in [1.29, 1.82) is 0 Å². The van der Waals surface area contributed by atoms with Crippen LogP contribution in [-0.2, 0) is 27.2 Å². The number of ether oxygens (including phenoxy) is 1. The average molecular weight is 473 g/mol. The minimum absolute atomic E-state index is 0.102. The monoisotopic (exact) mass is 472 g/mol. The molecular weight excluding hydrogens is 440 g/mol. The number of benzene rings is 1. The summed E-state index contributed by atoms with van der Waals surface area (Å²) in [4.78, 5) is 47.6. The molecule has 0 bridgehead atoms. The molecule has 0 spiro atoms. The molecule has 0 fully saturated rings. The van der Waals surface area contributed by atoms with Crippen LogP contribution in [0.2, 0.25) is 0 Å². The number of aryl methyl sites for hydroxylation is 2. The molecule has 0 saturated carbocycles. The van der Waals surface area contributed by atoms with E-state index in [0.717, 1.165) is 42.2 Å². The SMILES string of the molecule is Cc1c(OCC(=O)NCCCC(=O)N[C@H](C(=O)O)C(C)C)ccc2c3c(c(=O)oc12)CCCC3. The summed E-state index contributed by atoms with van der Waals surface area (Å²) in [7, 11) is 0. The van der Waals surface area contributed by atoms with E-state index in [1.54, 1.807) is 26.8 Å². The predicted molar refractivity (Wildman–Crippen MR) is 126 cm³/mol. The fourth-order valence-electron chi connectivity index (χ4n) is 4.21. The van der Waals surface area contributed by atoms with Gasteiger partial charge in [-0.05, 0) is 62.6 Å². The summed E-state index contributed by atoms with van der Waals surface area (Å²) in [6, 6.07) is 2.73. The molecule has 9 nitrogen and oxygen atoms in total. The van der Waals surface area contributed by atoms with Crippen molar-refractivity contribution in [3.05, 3.63) is 39.2 Å². The van der Waals surface area contributed by atoms with Gasteiger partial charge in [-0.15, -0.1) is 0 Å². The molecule has 1 aliphatic carbocycles. The van der Waals surface area contributed by atoms with Crippen LogP contribution in [0.3, 0.4) is 0 Å². The first kappa shape index (κ1) is 25.3. The molecule has 3 rings (SSSR count). The largest absolute Gasteiger partial charge is 0.483 e. The zero-order valence-corrected chi connectivity index (χ0v) is 19.9. The summed E-state index contributed by atoms with van der Waals surface area (Å²) in [6.45, 7) is 5.28. The van der Waals surface area contributed by atoms with Crippen LogP contribution >= 0.6 is 0 Å². The first-order valence-electron chi connectivity index (χ1n) is 11.7. The Morgan fingerprint density at radius 1 is 1.12 bits per heavy atom. The lowest BCUT2D eigenvalue weighted by Crippen LogP contribution is -2.44. The van der Waals surface area contributed by atoms with E-state index in [4.69, 9.17) is 14.3 Å². The second kappa shape index (κ2) is 11.2. The number of carbonyl (C=O) groups excluding carboxylic acids is 2. The molecule has 34 heavy (non-hydrogen) atoms. The normalized spacial score (nSPS) is 13.9. The third-order valence-electron chi connectivity index (χ3n) is 6.10. The number of carbonyl (C=O) groups is 3. The number of nitrogens with one attached hydrogen (secondary N) is 2. The van der Waals surface area contributed by atoms with Gasteiger partial charge in [0.1, 0.15) is 17.4 Å². The van der Waals surface area contributed by atoms with Crippen molar-refractivity contribution < 1.29 is 28.6 Å². The van der Waals surface area contributed by atoms with Gasteiger partial charge in [0.25, 0.3) is 5.91 Å². The van der Waals surface area contributed by atoms with Crippen LogP contribution in [0, 0.1) is 12.8 Å². The number of hydrogen-bond donors (Lipinski definition) is 3. The number of fused-ring (bicyclic) bond motifs is 3. The van der Waals surface area contributed by atoms with Crippen molar-refractivity contribution in [3.8, 4) is 5.75 Å². The van der Waals surface area contributed by atoms with Gasteiger partial charge in [0.2, 0.25) is 5.91 Å². The van der Waals surface area contributed by atoms with Crippen LogP contribution < -0.4 is 21.0 Å². The third kappa shape index (κ3) is 5.95. The Kier molecular flexibility index (Phi) is 8.31. The Hall–Kier alpha value is -3.36. The van der Waals surface area contributed by atoms with Crippen LogP contribution in [0.15, 0.2) is 21.3 Å². The topological polar surface area (TPSA) is 135 Å². The maximum atomic E-state index is 12.4. The van der Waals surface area contributed by atoms with E-state index in [1.165, 1.54) is 0 Å². The third-order valence-corrected chi connectivity index (χ3v) is 6.10. The van der Waals surface area contributed by atoms with Gasteiger partial charge in [-0.3, -0.25) is 9.59 Å². The molecular formula is C25H32N2O7. The summed E-state index contributed by atoms with van der Waals surface area (Å²) >= 11 is 0. The second-order valence-corrected chi connectivity index (χ2v) is 8.99. The lowest BCUT2D eigenvalue weighted by molar-refractivity contribution is -0.143. The van der Waals surface area contributed by atoms with E-state index >= 15 is 0 Å². The number of hydrogen-bond acceptors (Lipinski definition) is 6. The van der Waals surface area contributed by atoms with Crippen LogP contribution in [0.5, 0.6) is 5.75 Å². The molecule has 3 N–H and O–H groups in total. The second-order valence-electron chi connectivity index (χ2n) is 8.99. The maximum absolute atomic E-state index is 12.4. The molecule has 0 unspecified atom stereocenters. The highest BCUT2D eigenvalue weighted by Crippen LogP contribution is 2.32. The molecule has 0 radical (unpaired) electrons. The Balaban J connectivity index is 1.50. The highest BCUT2D eigenvalue weighted by molar-refractivity contribution is 5.86. The summed E-state index contributed by atoms with van der Waals surface area (Å²) in [5.41, 5.74) is 2.69. The zero-order chi connectivity index (χ0) is 24.8. The smallest absolute Gasteiger partial charge is 0.339 e. The Bertz CT molecular complexity index is 1140. The summed E-state index contributed by atoms with van der Waals surface area (Å²) in [6.07, 6.45) is 4.10. The van der Waals surface area contributed by atoms with Crippen LogP contribution in [-0.4, -0.2) is 42.1 Å².